The molecule has 0 aliphatic rings. The van der Waals surface area contributed by atoms with Gasteiger partial charge in [-0.1, -0.05) is 56.3 Å². The molecular formula is C24H26N2O3. The average molecular weight is 390 g/mol. The maximum atomic E-state index is 13.1. The lowest BCUT2D eigenvalue weighted by Gasteiger charge is -2.23. The molecule has 0 atom stereocenters. The first-order chi connectivity index (χ1) is 14.0. The van der Waals surface area contributed by atoms with Gasteiger partial charge in [0.15, 0.2) is 5.76 Å². The van der Waals surface area contributed by atoms with E-state index in [0.717, 1.165) is 16.8 Å². The van der Waals surface area contributed by atoms with Crippen molar-refractivity contribution in [2.75, 3.05) is 11.4 Å². The fourth-order valence-corrected chi connectivity index (χ4v) is 2.98. The smallest absolute Gasteiger partial charge is 0.294 e. The van der Waals surface area contributed by atoms with Gasteiger partial charge in [0, 0.05) is 12.2 Å². The molecule has 5 heteroatoms. The van der Waals surface area contributed by atoms with E-state index in [-0.39, 0.29) is 24.0 Å². The Bertz CT molecular complexity index is 934. The van der Waals surface area contributed by atoms with E-state index in [4.69, 9.17) is 4.42 Å². The summed E-state index contributed by atoms with van der Waals surface area (Å²) in [7, 11) is 0. The second kappa shape index (κ2) is 9.73. The van der Waals surface area contributed by atoms with E-state index in [1.165, 1.54) is 6.26 Å². The molecule has 0 saturated carbocycles. The number of anilines is 1. The summed E-state index contributed by atoms with van der Waals surface area (Å²) in [5.74, 6) is 0.432. The summed E-state index contributed by atoms with van der Waals surface area (Å²) in [5, 5.41) is 2.93. The number of furan rings is 1. The van der Waals surface area contributed by atoms with Gasteiger partial charge in [-0.2, -0.15) is 0 Å². The van der Waals surface area contributed by atoms with Crippen molar-refractivity contribution in [1.29, 1.82) is 0 Å². The average Bonchev–Trinajstić information content (AvgIpc) is 3.26. The number of hydrogen-bond acceptors (Lipinski definition) is 3. The maximum absolute atomic E-state index is 13.1. The predicted octanol–water partition coefficient (Wildman–Crippen LogP) is 4.44. The van der Waals surface area contributed by atoms with Gasteiger partial charge < -0.3 is 14.6 Å². The number of nitrogens with one attached hydrogen (secondary N) is 1. The molecule has 1 aromatic heterocycles. The second-order valence-corrected chi connectivity index (χ2v) is 7.40. The van der Waals surface area contributed by atoms with Crippen molar-refractivity contribution in [3.8, 4) is 0 Å². The quantitative estimate of drug-likeness (QED) is 0.618. The van der Waals surface area contributed by atoms with E-state index in [1.807, 2.05) is 54.6 Å². The third-order valence-electron chi connectivity index (χ3n) is 4.46. The zero-order valence-corrected chi connectivity index (χ0v) is 16.8. The van der Waals surface area contributed by atoms with E-state index < -0.39 is 0 Å². The van der Waals surface area contributed by atoms with Gasteiger partial charge in [0.25, 0.3) is 5.91 Å². The Balaban J connectivity index is 1.83. The summed E-state index contributed by atoms with van der Waals surface area (Å²) in [6.45, 7) is 5.17. The number of hydrogen-bond donors (Lipinski definition) is 1. The fourth-order valence-electron chi connectivity index (χ4n) is 2.98. The highest BCUT2D eigenvalue weighted by atomic mass is 16.3. The van der Waals surface area contributed by atoms with E-state index in [1.54, 1.807) is 17.0 Å². The van der Waals surface area contributed by atoms with Crippen molar-refractivity contribution in [3.63, 3.8) is 0 Å². The molecule has 2 aromatic carbocycles. The summed E-state index contributed by atoms with van der Waals surface area (Å²) in [6.07, 6.45) is 1.76. The van der Waals surface area contributed by atoms with Crippen LogP contribution >= 0.6 is 0 Å². The molecule has 1 heterocycles. The van der Waals surface area contributed by atoms with Gasteiger partial charge in [-0.25, -0.2) is 0 Å². The van der Waals surface area contributed by atoms with Crippen molar-refractivity contribution in [3.05, 3.63) is 89.9 Å². The molecular weight excluding hydrogens is 364 g/mol. The summed E-state index contributed by atoms with van der Waals surface area (Å²) in [5.41, 5.74) is 2.59. The van der Waals surface area contributed by atoms with Crippen molar-refractivity contribution in [1.82, 2.24) is 5.32 Å². The SMILES string of the molecule is CC(C)CNC(=O)Cc1cccc(N(Cc2ccccc2)C(=O)c2ccco2)c1. The lowest BCUT2D eigenvalue weighted by Crippen LogP contribution is -2.31. The number of carbonyl (C=O) groups is 2. The molecule has 3 rings (SSSR count). The minimum absolute atomic E-state index is 0.0252. The second-order valence-electron chi connectivity index (χ2n) is 7.40. The molecule has 0 bridgehead atoms. The molecule has 0 unspecified atom stereocenters. The fraction of sp³-hybridized carbons (Fsp3) is 0.250. The lowest BCUT2D eigenvalue weighted by molar-refractivity contribution is -0.120. The Morgan fingerprint density at radius 2 is 1.72 bits per heavy atom. The number of carbonyl (C=O) groups excluding carboxylic acids is 2. The van der Waals surface area contributed by atoms with Gasteiger partial charge in [-0.3, -0.25) is 9.59 Å². The zero-order valence-electron chi connectivity index (χ0n) is 16.8. The molecule has 0 fully saturated rings. The third-order valence-corrected chi connectivity index (χ3v) is 4.46. The van der Waals surface area contributed by atoms with Gasteiger partial charge in [-0.15, -0.1) is 0 Å². The molecule has 2 amide bonds. The molecule has 3 aromatic rings. The molecule has 0 spiro atoms. The minimum atomic E-state index is -0.222. The first-order valence-corrected chi connectivity index (χ1v) is 9.78. The highest BCUT2D eigenvalue weighted by Gasteiger charge is 2.21. The van der Waals surface area contributed by atoms with Crippen LogP contribution in [0.3, 0.4) is 0 Å². The zero-order chi connectivity index (χ0) is 20.6. The summed E-state index contributed by atoms with van der Waals surface area (Å²) in [4.78, 5) is 26.9. The van der Waals surface area contributed by atoms with Gasteiger partial charge in [-0.05, 0) is 41.3 Å². The van der Waals surface area contributed by atoms with Crippen LogP contribution in [0.15, 0.2) is 77.4 Å². The van der Waals surface area contributed by atoms with E-state index >= 15 is 0 Å². The molecule has 0 aliphatic heterocycles. The van der Waals surface area contributed by atoms with E-state index in [2.05, 4.69) is 19.2 Å². The Morgan fingerprint density at radius 3 is 2.41 bits per heavy atom. The highest BCUT2D eigenvalue weighted by molar-refractivity contribution is 6.04. The number of rotatable bonds is 8. The largest absolute Gasteiger partial charge is 0.459 e. The summed E-state index contributed by atoms with van der Waals surface area (Å²) < 4.78 is 5.33. The van der Waals surface area contributed by atoms with Crippen LogP contribution in [0.4, 0.5) is 5.69 Å². The van der Waals surface area contributed by atoms with E-state index in [9.17, 15) is 9.59 Å². The van der Waals surface area contributed by atoms with Crippen molar-refractivity contribution >= 4 is 17.5 Å². The molecule has 0 aliphatic carbocycles. The van der Waals surface area contributed by atoms with E-state index in [0.29, 0.717) is 19.0 Å². The number of nitrogens with zero attached hydrogens (tertiary/aromatic N) is 1. The molecule has 5 nitrogen and oxygen atoms in total. The van der Waals surface area contributed by atoms with Gasteiger partial charge in [0.1, 0.15) is 0 Å². The number of benzene rings is 2. The number of amides is 2. The molecule has 29 heavy (non-hydrogen) atoms. The Morgan fingerprint density at radius 1 is 0.966 bits per heavy atom. The van der Waals surface area contributed by atoms with Gasteiger partial charge in [0.05, 0.1) is 19.2 Å². The first kappa shape index (κ1) is 20.4. The van der Waals surface area contributed by atoms with Crippen LogP contribution in [0.5, 0.6) is 0 Å². The van der Waals surface area contributed by atoms with Crippen LogP contribution in [0, 0.1) is 5.92 Å². The third kappa shape index (κ3) is 5.82. The Hall–Kier alpha value is -3.34. The lowest BCUT2D eigenvalue weighted by atomic mass is 10.1. The monoisotopic (exact) mass is 390 g/mol. The van der Waals surface area contributed by atoms with Crippen LogP contribution in [-0.2, 0) is 17.8 Å². The topological polar surface area (TPSA) is 62.6 Å². The van der Waals surface area contributed by atoms with Crippen molar-refractivity contribution in [2.24, 2.45) is 5.92 Å². The molecule has 0 radical (unpaired) electrons. The van der Waals surface area contributed by atoms with Crippen LogP contribution in [0.25, 0.3) is 0 Å². The van der Waals surface area contributed by atoms with Crippen molar-refractivity contribution in [2.45, 2.75) is 26.8 Å². The van der Waals surface area contributed by atoms with Crippen molar-refractivity contribution < 1.29 is 14.0 Å². The maximum Gasteiger partial charge on any atom is 0.294 e. The van der Waals surface area contributed by atoms with Gasteiger partial charge >= 0.3 is 0 Å². The van der Waals surface area contributed by atoms with Crippen LogP contribution in [0.1, 0.15) is 35.5 Å². The summed E-state index contributed by atoms with van der Waals surface area (Å²) >= 11 is 0. The molecule has 0 saturated heterocycles. The molecule has 1 N–H and O–H groups in total. The highest BCUT2D eigenvalue weighted by Crippen LogP contribution is 2.22. The first-order valence-electron chi connectivity index (χ1n) is 9.78. The predicted molar refractivity (Wildman–Crippen MR) is 114 cm³/mol. The van der Waals surface area contributed by atoms with Gasteiger partial charge in [0.2, 0.25) is 5.91 Å². The minimum Gasteiger partial charge on any atom is -0.459 e. The van der Waals surface area contributed by atoms with Crippen LogP contribution in [-0.4, -0.2) is 18.4 Å². The van der Waals surface area contributed by atoms with Crippen LogP contribution in [0.2, 0.25) is 0 Å². The molecule has 150 valence electrons. The normalized spacial score (nSPS) is 10.7. The standard InChI is InChI=1S/C24H26N2O3/c1-18(2)16-25-23(27)15-20-10-6-11-21(14-20)26(17-19-8-4-3-5-9-19)24(28)22-12-7-13-29-22/h3-14,18H,15-17H2,1-2H3,(H,25,27). The Kier molecular flexibility index (Phi) is 6.85. The van der Waals surface area contributed by atoms with Crippen LogP contribution < -0.4 is 10.2 Å². The Labute approximate surface area is 171 Å². The summed E-state index contributed by atoms with van der Waals surface area (Å²) in [6, 6.07) is 20.7.